The Morgan fingerprint density at radius 3 is 2.90 bits per heavy atom. The van der Waals surface area contributed by atoms with Crippen molar-refractivity contribution in [2.75, 3.05) is 6.61 Å². The number of halogens is 2. The van der Waals surface area contributed by atoms with Crippen LogP contribution in [-0.2, 0) is 9.53 Å². The van der Waals surface area contributed by atoms with Gasteiger partial charge in [-0.05, 0) is 24.4 Å². The summed E-state index contributed by atoms with van der Waals surface area (Å²) in [5.74, 6) is 0. The van der Waals surface area contributed by atoms with E-state index in [-0.39, 0.29) is 0 Å². The minimum Gasteiger partial charge on any atom is -0.375 e. The molecule has 1 fully saturated rings. The molecule has 4 heteroatoms. The predicted molar refractivity (Wildman–Crippen MR) is 34.7 cm³/mol. The van der Waals surface area contributed by atoms with Gasteiger partial charge in [0.2, 0.25) is 0 Å². The van der Waals surface area contributed by atoms with E-state index in [9.17, 15) is 9.18 Å². The lowest BCUT2D eigenvalue weighted by Crippen LogP contribution is -2.26. The molecule has 0 N–H and O–H groups in total. The zero-order chi connectivity index (χ0) is 7.56. The smallest absolute Gasteiger partial charge is 0.258 e. The van der Waals surface area contributed by atoms with Crippen molar-refractivity contribution < 1.29 is 13.9 Å². The standard InChI is InChI=1S/C6H8ClFO2/c7-6(9)5(8)4-2-1-3-10-4/h4-5H,1-3H2. The first kappa shape index (κ1) is 7.95. The number of alkyl halides is 1. The molecule has 0 aromatic heterocycles. The van der Waals surface area contributed by atoms with Crippen molar-refractivity contribution in [1.29, 1.82) is 0 Å². The first-order valence-corrected chi connectivity index (χ1v) is 3.54. The molecule has 2 nitrogen and oxygen atoms in total. The van der Waals surface area contributed by atoms with Crippen molar-refractivity contribution >= 4 is 16.8 Å². The van der Waals surface area contributed by atoms with Gasteiger partial charge in [-0.15, -0.1) is 0 Å². The van der Waals surface area contributed by atoms with Gasteiger partial charge >= 0.3 is 0 Å². The molecule has 1 aliphatic rings. The van der Waals surface area contributed by atoms with Crippen LogP contribution in [0, 0.1) is 0 Å². The van der Waals surface area contributed by atoms with Crippen LogP contribution in [0.1, 0.15) is 12.8 Å². The molecule has 0 aromatic rings. The van der Waals surface area contributed by atoms with Gasteiger partial charge in [-0.2, -0.15) is 0 Å². The van der Waals surface area contributed by atoms with Gasteiger partial charge in [-0.25, -0.2) is 4.39 Å². The molecular weight excluding hydrogens is 159 g/mol. The predicted octanol–water partition coefficient (Wildman–Crippen LogP) is 1.27. The monoisotopic (exact) mass is 166 g/mol. The highest BCUT2D eigenvalue weighted by molar-refractivity contribution is 6.64. The molecule has 0 saturated carbocycles. The Kier molecular flexibility index (Phi) is 2.63. The zero-order valence-electron chi connectivity index (χ0n) is 5.35. The summed E-state index contributed by atoms with van der Waals surface area (Å²) in [6.45, 7) is 0.537. The van der Waals surface area contributed by atoms with Crippen molar-refractivity contribution in [3.63, 3.8) is 0 Å². The second-order valence-electron chi connectivity index (χ2n) is 2.26. The molecule has 1 saturated heterocycles. The second-order valence-corrected chi connectivity index (χ2v) is 2.63. The van der Waals surface area contributed by atoms with Crippen LogP contribution >= 0.6 is 11.6 Å². The summed E-state index contributed by atoms with van der Waals surface area (Å²) in [7, 11) is 0. The lowest BCUT2D eigenvalue weighted by Gasteiger charge is -2.09. The summed E-state index contributed by atoms with van der Waals surface area (Å²) in [6, 6.07) is 0. The molecule has 1 rings (SSSR count). The van der Waals surface area contributed by atoms with E-state index in [2.05, 4.69) is 0 Å². The number of ether oxygens (including phenoxy) is 1. The molecule has 1 heterocycles. The maximum atomic E-state index is 12.6. The lowest BCUT2D eigenvalue weighted by molar-refractivity contribution is -0.120. The van der Waals surface area contributed by atoms with Gasteiger partial charge < -0.3 is 4.74 Å². The number of carbonyl (C=O) groups excluding carboxylic acids is 1. The Morgan fingerprint density at radius 2 is 2.50 bits per heavy atom. The molecule has 0 aliphatic carbocycles. The molecule has 0 bridgehead atoms. The van der Waals surface area contributed by atoms with Crippen molar-refractivity contribution in [1.82, 2.24) is 0 Å². The Hall–Kier alpha value is -0.150. The van der Waals surface area contributed by atoms with Gasteiger partial charge in [-0.1, -0.05) is 0 Å². The van der Waals surface area contributed by atoms with Gasteiger partial charge in [0.1, 0.15) is 0 Å². The highest BCUT2D eigenvalue weighted by atomic mass is 35.5. The third-order valence-electron chi connectivity index (χ3n) is 1.51. The number of hydrogen-bond donors (Lipinski definition) is 0. The summed E-state index contributed by atoms with van der Waals surface area (Å²) in [5.41, 5.74) is 0. The van der Waals surface area contributed by atoms with Crippen molar-refractivity contribution in [3.05, 3.63) is 0 Å². The Labute approximate surface area is 63.3 Å². The summed E-state index contributed by atoms with van der Waals surface area (Å²) < 4.78 is 17.5. The van der Waals surface area contributed by atoms with Crippen LogP contribution in [0.3, 0.4) is 0 Å². The Morgan fingerprint density at radius 1 is 1.80 bits per heavy atom. The molecule has 0 radical (unpaired) electrons. The van der Waals surface area contributed by atoms with Crippen molar-refractivity contribution in [2.24, 2.45) is 0 Å². The van der Waals surface area contributed by atoms with Crippen LogP contribution in [-0.4, -0.2) is 24.1 Å². The average molecular weight is 167 g/mol. The van der Waals surface area contributed by atoms with E-state index >= 15 is 0 Å². The number of hydrogen-bond acceptors (Lipinski definition) is 2. The molecule has 0 aromatic carbocycles. The van der Waals surface area contributed by atoms with Crippen LogP contribution in [0.5, 0.6) is 0 Å². The third kappa shape index (κ3) is 1.67. The maximum absolute atomic E-state index is 12.6. The van der Waals surface area contributed by atoms with Gasteiger partial charge in [0.25, 0.3) is 5.24 Å². The quantitative estimate of drug-likeness (QED) is 0.578. The SMILES string of the molecule is O=C(Cl)C(F)C1CCCO1. The van der Waals surface area contributed by atoms with E-state index < -0.39 is 17.5 Å². The zero-order valence-corrected chi connectivity index (χ0v) is 6.10. The summed E-state index contributed by atoms with van der Waals surface area (Å²) >= 11 is 4.91. The van der Waals surface area contributed by atoms with E-state index in [0.717, 1.165) is 6.42 Å². The topological polar surface area (TPSA) is 26.3 Å². The first-order chi connectivity index (χ1) is 4.72. The van der Waals surface area contributed by atoms with Crippen LogP contribution in [0.4, 0.5) is 4.39 Å². The van der Waals surface area contributed by atoms with Crippen molar-refractivity contribution in [2.45, 2.75) is 25.1 Å². The lowest BCUT2D eigenvalue weighted by atomic mass is 10.2. The summed E-state index contributed by atoms with van der Waals surface area (Å²) in [6.07, 6.45) is -0.816. The third-order valence-corrected chi connectivity index (χ3v) is 1.72. The van der Waals surface area contributed by atoms with Gasteiger partial charge in [0.15, 0.2) is 6.17 Å². The van der Waals surface area contributed by atoms with Crippen molar-refractivity contribution in [3.8, 4) is 0 Å². The molecular formula is C6H8ClFO2. The van der Waals surface area contributed by atoms with E-state index in [1.165, 1.54) is 0 Å². The van der Waals surface area contributed by atoms with Gasteiger partial charge in [0.05, 0.1) is 6.10 Å². The summed E-state index contributed by atoms with van der Waals surface area (Å²) in [5, 5.41) is -0.952. The molecule has 58 valence electrons. The van der Waals surface area contributed by atoms with E-state index in [4.69, 9.17) is 16.3 Å². The Bertz CT molecular complexity index is 134. The normalized spacial score (nSPS) is 28.4. The fourth-order valence-electron chi connectivity index (χ4n) is 0.980. The van der Waals surface area contributed by atoms with Crippen LogP contribution in [0.15, 0.2) is 0 Å². The molecule has 0 spiro atoms. The average Bonchev–Trinajstić information content (AvgIpc) is 2.36. The van der Waals surface area contributed by atoms with Crippen LogP contribution in [0.25, 0.3) is 0 Å². The first-order valence-electron chi connectivity index (χ1n) is 3.17. The molecule has 10 heavy (non-hydrogen) atoms. The van der Waals surface area contributed by atoms with Crippen LogP contribution in [0.2, 0.25) is 0 Å². The Balaban J connectivity index is 2.39. The van der Waals surface area contributed by atoms with Gasteiger partial charge in [-0.3, -0.25) is 4.79 Å². The highest BCUT2D eigenvalue weighted by Crippen LogP contribution is 2.19. The minimum absolute atomic E-state index is 0.537. The van der Waals surface area contributed by atoms with Crippen LogP contribution < -0.4 is 0 Å². The maximum Gasteiger partial charge on any atom is 0.258 e. The molecule has 2 atom stereocenters. The highest BCUT2D eigenvalue weighted by Gasteiger charge is 2.30. The van der Waals surface area contributed by atoms with E-state index in [1.807, 2.05) is 0 Å². The molecule has 0 amide bonds. The number of carbonyl (C=O) groups is 1. The largest absolute Gasteiger partial charge is 0.375 e. The fourth-order valence-corrected chi connectivity index (χ4v) is 1.12. The fraction of sp³-hybridized carbons (Fsp3) is 0.833. The van der Waals surface area contributed by atoms with Gasteiger partial charge in [0, 0.05) is 6.61 Å². The van der Waals surface area contributed by atoms with E-state index in [0.29, 0.717) is 13.0 Å². The minimum atomic E-state index is -1.64. The van der Waals surface area contributed by atoms with E-state index in [1.54, 1.807) is 0 Å². The number of rotatable bonds is 2. The molecule has 2 unspecified atom stereocenters. The molecule has 1 aliphatic heterocycles. The second kappa shape index (κ2) is 3.30. The summed E-state index contributed by atoms with van der Waals surface area (Å²) in [4.78, 5) is 10.2.